The van der Waals surface area contributed by atoms with E-state index in [2.05, 4.69) is 15.5 Å². The Morgan fingerprint density at radius 1 is 1.42 bits per heavy atom. The van der Waals surface area contributed by atoms with Crippen molar-refractivity contribution in [3.8, 4) is 5.75 Å². The van der Waals surface area contributed by atoms with Crippen molar-refractivity contribution in [1.29, 1.82) is 0 Å². The fourth-order valence-corrected chi connectivity index (χ4v) is 2.42. The first-order valence-electron chi connectivity index (χ1n) is 6.56. The molecule has 0 radical (unpaired) electrons. The molecule has 5 nitrogen and oxygen atoms in total. The van der Waals surface area contributed by atoms with Gasteiger partial charge in [0.2, 0.25) is 5.91 Å². The Kier molecular flexibility index (Phi) is 4.76. The SMILES string of the molecule is CNC(=O)C(c1cccc(OC)c1)N1CCNCC1. The second-order valence-electron chi connectivity index (χ2n) is 4.58. The number of hydrogen-bond acceptors (Lipinski definition) is 4. The van der Waals surface area contributed by atoms with Gasteiger partial charge < -0.3 is 15.4 Å². The van der Waals surface area contributed by atoms with E-state index >= 15 is 0 Å². The molecule has 1 aliphatic heterocycles. The number of amides is 1. The van der Waals surface area contributed by atoms with E-state index in [-0.39, 0.29) is 11.9 Å². The topological polar surface area (TPSA) is 53.6 Å². The first kappa shape index (κ1) is 13.8. The summed E-state index contributed by atoms with van der Waals surface area (Å²) in [6, 6.07) is 7.48. The molecule has 2 N–H and O–H groups in total. The fourth-order valence-electron chi connectivity index (χ4n) is 2.42. The zero-order chi connectivity index (χ0) is 13.7. The molecule has 5 heteroatoms. The predicted molar refractivity (Wildman–Crippen MR) is 74.2 cm³/mol. The molecule has 1 saturated heterocycles. The third kappa shape index (κ3) is 3.24. The average Bonchev–Trinajstić information content (AvgIpc) is 2.48. The highest BCUT2D eigenvalue weighted by Crippen LogP contribution is 2.24. The van der Waals surface area contributed by atoms with Gasteiger partial charge in [-0.3, -0.25) is 9.69 Å². The van der Waals surface area contributed by atoms with Crippen molar-refractivity contribution < 1.29 is 9.53 Å². The molecule has 1 atom stereocenters. The molecule has 1 aromatic rings. The molecule has 0 bridgehead atoms. The Hall–Kier alpha value is -1.59. The number of nitrogens with one attached hydrogen (secondary N) is 2. The van der Waals surface area contributed by atoms with Crippen LogP contribution in [0, 0.1) is 0 Å². The summed E-state index contributed by atoms with van der Waals surface area (Å²) in [6.45, 7) is 3.57. The lowest BCUT2D eigenvalue weighted by atomic mass is 10.0. The molecule has 0 aromatic heterocycles. The molecule has 1 fully saturated rings. The zero-order valence-electron chi connectivity index (χ0n) is 11.5. The number of hydrogen-bond donors (Lipinski definition) is 2. The summed E-state index contributed by atoms with van der Waals surface area (Å²) in [6.07, 6.45) is 0. The van der Waals surface area contributed by atoms with Crippen LogP contribution < -0.4 is 15.4 Å². The third-order valence-electron chi connectivity index (χ3n) is 3.42. The van der Waals surface area contributed by atoms with Crippen LogP contribution in [0.5, 0.6) is 5.75 Å². The lowest BCUT2D eigenvalue weighted by Gasteiger charge is -2.34. The van der Waals surface area contributed by atoms with Crippen LogP contribution in [0.2, 0.25) is 0 Å². The molecule has 0 saturated carbocycles. The Morgan fingerprint density at radius 3 is 2.79 bits per heavy atom. The lowest BCUT2D eigenvalue weighted by Crippen LogP contribution is -2.49. The van der Waals surface area contributed by atoms with Crippen LogP contribution in [0.4, 0.5) is 0 Å². The summed E-state index contributed by atoms with van der Waals surface area (Å²) >= 11 is 0. The molecule has 1 aliphatic rings. The van der Waals surface area contributed by atoms with Gasteiger partial charge in [0.05, 0.1) is 7.11 Å². The Labute approximate surface area is 113 Å². The van der Waals surface area contributed by atoms with Gasteiger partial charge in [0, 0.05) is 33.2 Å². The molecule has 0 aliphatic carbocycles. The Balaban J connectivity index is 2.27. The highest BCUT2D eigenvalue weighted by atomic mass is 16.5. The van der Waals surface area contributed by atoms with Gasteiger partial charge >= 0.3 is 0 Å². The number of benzene rings is 1. The van der Waals surface area contributed by atoms with E-state index in [0.717, 1.165) is 37.5 Å². The van der Waals surface area contributed by atoms with Crippen molar-refractivity contribution in [3.63, 3.8) is 0 Å². The fraction of sp³-hybridized carbons (Fsp3) is 0.500. The summed E-state index contributed by atoms with van der Waals surface area (Å²) in [5, 5.41) is 6.06. The molecule has 1 unspecified atom stereocenters. The minimum atomic E-state index is -0.248. The van der Waals surface area contributed by atoms with Crippen LogP contribution in [0.15, 0.2) is 24.3 Å². The van der Waals surface area contributed by atoms with Gasteiger partial charge in [0.15, 0.2) is 0 Å². The highest BCUT2D eigenvalue weighted by molar-refractivity contribution is 5.83. The van der Waals surface area contributed by atoms with Crippen LogP contribution in [-0.4, -0.2) is 51.1 Å². The molecule has 1 heterocycles. The predicted octanol–water partition coefficient (Wildman–Crippen LogP) is 0.388. The largest absolute Gasteiger partial charge is 0.497 e. The van der Waals surface area contributed by atoms with Gasteiger partial charge in [0.25, 0.3) is 0 Å². The van der Waals surface area contributed by atoms with E-state index in [4.69, 9.17) is 4.74 Å². The minimum Gasteiger partial charge on any atom is -0.497 e. The molecule has 1 aromatic carbocycles. The Morgan fingerprint density at radius 2 is 2.16 bits per heavy atom. The highest BCUT2D eigenvalue weighted by Gasteiger charge is 2.28. The molecule has 1 amide bonds. The average molecular weight is 263 g/mol. The first-order valence-corrected chi connectivity index (χ1v) is 6.56. The lowest BCUT2D eigenvalue weighted by molar-refractivity contribution is -0.126. The number of carbonyl (C=O) groups is 1. The second kappa shape index (κ2) is 6.54. The van der Waals surface area contributed by atoms with Crippen molar-refractivity contribution in [2.75, 3.05) is 40.3 Å². The maximum Gasteiger partial charge on any atom is 0.241 e. The second-order valence-corrected chi connectivity index (χ2v) is 4.58. The van der Waals surface area contributed by atoms with E-state index in [1.165, 1.54) is 0 Å². The molecule has 2 rings (SSSR count). The normalized spacial score (nSPS) is 17.8. The monoisotopic (exact) mass is 263 g/mol. The number of methoxy groups -OCH3 is 1. The van der Waals surface area contributed by atoms with Crippen molar-refractivity contribution in [2.45, 2.75) is 6.04 Å². The van der Waals surface area contributed by atoms with Gasteiger partial charge in [-0.1, -0.05) is 12.1 Å². The molecule has 0 spiro atoms. The number of likely N-dealkylation sites (N-methyl/N-ethyl adjacent to an activating group) is 1. The zero-order valence-corrected chi connectivity index (χ0v) is 11.5. The van der Waals surface area contributed by atoms with Crippen LogP contribution in [0.1, 0.15) is 11.6 Å². The maximum absolute atomic E-state index is 12.2. The molecule has 104 valence electrons. The first-order chi connectivity index (χ1) is 9.26. The van der Waals surface area contributed by atoms with E-state index in [1.54, 1.807) is 14.2 Å². The summed E-state index contributed by atoms with van der Waals surface area (Å²) in [5.74, 6) is 0.802. The van der Waals surface area contributed by atoms with E-state index < -0.39 is 0 Å². The standard InChI is InChI=1S/C14H21N3O2/c1-15-14(18)13(17-8-6-16-7-9-17)11-4-3-5-12(10-11)19-2/h3-5,10,13,16H,6-9H2,1-2H3,(H,15,18). The van der Waals surface area contributed by atoms with Gasteiger partial charge in [-0.2, -0.15) is 0 Å². The van der Waals surface area contributed by atoms with Crippen LogP contribution in [0.25, 0.3) is 0 Å². The maximum atomic E-state index is 12.2. The number of piperazine rings is 1. The van der Waals surface area contributed by atoms with Gasteiger partial charge in [0.1, 0.15) is 11.8 Å². The molecule has 19 heavy (non-hydrogen) atoms. The van der Waals surface area contributed by atoms with Crippen molar-refractivity contribution >= 4 is 5.91 Å². The summed E-state index contributed by atoms with van der Waals surface area (Å²) in [4.78, 5) is 14.4. The van der Waals surface area contributed by atoms with E-state index in [1.807, 2.05) is 24.3 Å². The van der Waals surface area contributed by atoms with Gasteiger partial charge in [-0.05, 0) is 17.7 Å². The molecular formula is C14H21N3O2. The number of nitrogens with zero attached hydrogens (tertiary/aromatic N) is 1. The van der Waals surface area contributed by atoms with Gasteiger partial charge in [-0.15, -0.1) is 0 Å². The van der Waals surface area contributed by atoms with E-state index in [0.29, 0.717) is 0 Å². The van der Waals surface area contributed by atoms with E-state index in [9.17, 15) is 4.79 Å². The van der Waals surface area contributed by atoms with Crippen molar-refractivity contribution in [2.24, 2.45) is 0 Å². The van der Waals surface area contributed by atoms with Crippen LogP contribution >= 0.6 is 0 Å². The summed E-state index contributed by atoms with van der Waals surface area (Å²) in [5.41, 5.74) is 0.973. The van der Waals surface area contributed by atoms with Gasteiger partial charge in [-0.25, -0.2) is 0 Å². The number of ether oxygens (including phenoxy) is 1. The number of rotatable bonds is 4. The van der Waals surface area contributed by atoms with Crippen LogP contribution in [-0.2, 0) is 4.79 Å². The Bertz CT molecular complexity index is 430. The number of carbonyl (C=O) groups excluding carboxylic acids is 1. The van der Waals surface area contributed by atoms with Crippen molar-refractivity contribution in [3.05, 3.63) is 29.8 Å². The molecular weight excluding hydrogens is 242 g/mol. The summed E-state index contributed by atoms with van der Waals surface area (Å²) < 4.78 is 5.24. The summed E-state index contributed by atoms with van der Waals surface area (Å²) in [7, 11) is 3.32. The third-order valence-corrected chi connectivity index (χ3v) is 3.42. The minimum absolute atomic E-state index is 0.0233. The van der Waals surface area contributed by atoms with Crippen LogP contribution in [0.3, 0.4) is 0 Å². The quantitative estimate of drug-likeness (QED) is 0.825. The van der Waals surface area contributed by atoms with Crippen molar-refractivity contribution in [1.82, 2.24) is 15.5 Å². The smallest absolute Gasteiger partial charge is 0.241 e.